The minimum atomic E-state index is -0.620. The zero-order valence-electron chi connectivity index (χ0n) is 14.6. The van der Waals surface area contributed by atoms with Gasteiger partial charge in [-0.3, -0.25) is 10.1 Å². The number of ether oxygens (including phenoxy) is 2. The van der Waals surface area contributed by atoms with Crippen LogP contribution in [0.3, 0.4) is 0 Å². The van der Waals surface area contributed by atoms with Crippen LogP contribution in [0.4, 0.5) is 5.69 Å². The van der Waals surface area contributed by atoms with Crippen LogP contribution in [-0.4, -0.2) is 10.9 Å². The van der Waals surface area contributed by atoms with Crippen molar-refractivity contribution in [3.63, 3.8) is 0 Å². The van der Waals surface area contributed by atoms with Crippen molar-refractivity contribution in [1.29, 1.82) is 0 Å². The van der Waals surface area contributed by atoms with E-state index in [0.717, 1.165) is 0 Å². The van der Waals surface area contributed by atoms with Crippen LogP contribution in [-0.2, 0) is 11.3 Å². The van der Waals surface area contributed by atoms with Crippen LogP contribution in [0.1, 0.15) is 21.5 Å². The van der Waals surface area contributed by atoms with Crippen molar-refractivity contribution in [2.75, 3.05) is 0 Å². The fourth-order valence-corrected chi connectivity index (χ4v) is 2.60. The van der Waals surface area contributed by atoms with Crippen molar-refractivity contribution in [1.82, 2.24) is 0 Å². The first-order chi connectivity index (χ1) is 13.1. The van der Waals surface area contributed by atoms with Gasteiger partial charge in [0.1, 0.15) is 18.1 Å². The molecule has 0 saturated heterocycles. The number of hydrogen-bond acceptors (Lipinski definition) is 5. The maximum atomic E-state index is 12.4. The van der Waals surface area contributed by atoms with Gasteiger partial charge in [0.2, 0.25) is 0 Å². The van der Waals surface area contributed by atoms with Crippen molar-refractivity contribution in [2.45, 2.75) is 13.5 Å². The highest BCUT2D eigenvalue weighted by atomic mass is 16.6. The summed E-state index contributed by atoms with van der Waals surface area (Å²) in [7, 11) is 0. The predicted octanol–water partition coefficient (Wildman–Crippen LogP) is 5.05. The zero-order valence-corrected chi connectivity index (χ0v) is 14.6. The van der Waals surface area contributed by atoms with Crippen LogP contribution in [0.2, 0.25) is 0 Å². The maximum Gasteiger partial charge on any atom is 0.338 e. The number of hydrogen-bond donors (Lipinski definition) is 0. The molecule has 0 heterocycles. The summed E-state index contributed by atoms with van der Waals surface area (Å²) in [5, 5.41) is 11.0. The van der Waals surface area contributed by atoms with E-state index in [0.29, 0.717) is 17.1 Å². The van der Waals surface area contributed by atoms with Crippen LogP contribution < -0.4 is 4.74 Å². The van der Waals surface area contributed by atoms with Crippen molar-refractivity contribution in [3.8, 4) is 11.5 Å². The molecule has 0 aliphatic rings. The average Bonchev–Trinajstić information content (AvgIpc) is 2.68. The zero-order chi connectivity index (χ0) is 19.2. The molecular formula is C21H17NO5. The molecule has 27 heavy (non-hydrogen) atoms. The van der Waals surface area contributed by atoms with Gasteiger partial charge >= 0.3 is 5.97 Å². The Morgan fingerprint density at radius 1 is 0.963 bits per heavy atom. The summed E-state index contributed by atoms with van der Waals surface area (Å²) in [6.07, 6.45) is 0. The Balaban J connectivity index is 1.75. The standard InChI is InChI=1S/C21H17NO5/c1-15-18(11-7-12-19(15)22(24)25)21(23)26-14-16-8-5-6-13-20(16)27-17-9-3-2-4-10-17/h2-13H,14H2,1H3. The molecule has 6 heteroatoms. The van der Waals surface area contributed by atoms with E-state index < -0.39 is 10.9 Å². The van der Waals surface area contributed by atoms with Crippen LogP contribution in [0, 0.1) is 17.0 Å². The lowest BCUT2D eigenvalue weighted by Crippen LogP contribution is -2.09. The molecule has 0 bridgehead atoms. The van der Waals surface area contributed by atoms with Crippen molar-refractivity contribution in [2.24, 2.45) is 0 Å². The Hall–Kier alpha value is -3.67. The molecule has 0 radical (unpaired) electrons. The molecule has 0 spiro atoms. The fourth-order valence-electron chi connectivity index (χ4n) is 2.60. The summed E-state index contributed by atoms with van der Waals surface area (Å²) in [5.41, 5.74) is 1.03. The minimum Gasteiger partial charge on any atom is -0.457 e. The molecule has 3 aromatic carbocycles. The van der Waals surface area contributed by atoms with E-state index in [-0.39, 0.29) is 23.4 Å². The highest BCUT2D eigenvalue weighted by Gasteiger charge is 2.19. The van der Waals surface area contributed by atoms with Crippen LogP contribution in [0.5, 0.6) is 11.5 Å². The van der Waals surface area contributed by atoms with Crippen LogP contribution >= 0.6 is 0 Å². The largest absolute Gasteiger partial charge is 0.457 e. The lowest BCUT2D eigenvalue weighted by molar-refractivity contribution is -0.385. The molecule has 0 fully saturated rings. The highest BCUT2D eigenvalue weighted by Crippen LogP contribution is 2.26. The molecule has 0 saturated carbocycles. The maximum absolute atomic E-state index is 12.4. The van der Waals surface area contributed by atoms with E-state index in [4.69, 9.17) is 9.47 Å². The number of nitrogens with zero attached hydrogens (tertiary/aromatic N) is 1. The number of carbonyl (C=O) groups is 1. The van der Waals surface area contributed by atoms with Crippen molar-refractivity contribution < 1.29 is 19.2 Å². The summed E-state index contributed by atoms with van der Waals surface area (Å²) in [6.45, 7) is 1.52. The van der Waals surface area contributed by atoms with E-state index >= 15 is 0 Å². The Morgan fingerprint density at radius 3 is 2.41 bits per heavy atom. The molecule has 0 aliphatic carbocycles. The number of nitro benzene ring substituents is 1. The Kier molecular flexibility index (Phi) is 5.47. The molecule has 3 rings (SSSR count). The van der Waals surface area contributed by atoms with Gasteiger partial charge in [-0.15, -0.1) is 0 Å². The monoisotopic (exact) mass is 363 g/mol. The Morgan fingerprint density at radius 2 is 1.67 bits per heavy atom. The van der Waals surface area contributed by atoms with Gasteiger partial charge in [-0.1, -0.05) is 42.5 Å². The second-order valence-electron chi connectivity index (χ2n) is 5.81. The topological polar surface area (TPSA) is 78.7 Å². The number of carbonyl (C=O) groups excluding carboxylic acids is 1. The van der Waals surface area contributed by atoms with Crippen LogP contribution in [0.25, 0.3) is 0 Å². The molecule has 0 amide bonds. The number of para-hydroxylation sites is 2. The summed E-state index contributed by atoms with van der Waals surface area (Å²) in [5.74, 6) is 0.629. The van der Waals surface area contributed by atoms with Crippen molar-refractivity contribution in [3.05, 3.63) is 99.6 Å². The van der Waals surface area contributed by atoms with E-state index in [1.807, 2.05) is 42.5 Å². The molecule has 6 nitrogen and oxygen atoms in total. The fraction of sp³-hybridized carbons (Fsp3) is 0.0952. The van der Waals surface area contributed by atoms with Gasteiger partial charge in [0.25, 0.3) is 5.69 Å². The van der Waals surface area contributed by atoms with E-state index in [9.17, 15) is 14.9 Å². The molecule has 0 unspecified atom stereocenters. The number of rotatable bonds is 6. The number of benzene rings is 3. The molecule has 0 aliphatic heterocycles. The highest BCUT2D eigenvalue weighted by molar-refractivity contribution is 5.92. The summed E-state index contributed by atoms with van der Waals surface area (Å²) >= 11 is 0. The number of nitro groups is 1. The van der Waals surface area contributed by atoms with Gasteiger partial charge < -0.3 is 9.47 Å². The number of esters is 1. The Bertz CT molecular complexity index is 969. The molecular weight excluding hydrogens is 346 g/mol. The average molecular weight is 363 g/mol. The second-order valence-corrected chi connectivity index (χ2v) is 5.81. The summed E-state index contributed by atoms with van der Waals surface area (Å²) in [6, 6.07) is 20.8. The van der Waals surface area contributed by atoms with Gasteiger partial charge in [0, 0.05) is 17.2 Å². The summed E-state index contributed by atoms with van der Waals surface area (Å²) < 4.78 is 11.2. The minimum absolute atomic E-state index is 0.00995. The second kappa shape index (κ2) is 8.14. The third-order valence-corrected chi connectivity index (χ3v) is 4.02. The third kappa shape index (κ3) is 4.30. The van der Waals surface area contributed by atoms with E-state index in [1.54, 1.807) is 12.1 Å². The first-order valence-corrected chi connectivity index (χ1v) is 8.28. The molecule has 136 valence electrons. The van der Waals surface area contributed by atoms with Crippen LogP contribution in [0.15, 0.2) is 72.8 Å². The summed E-state index contributed by atoms with van der Waals surface area (Å²) in [4.78, 5) is 22.9. The first kappa shape index (κ1) is 18.1. The molecule has 3 aromatic rings. The van der Waals surface area contributed by atoms with E-state index in [1.165, 1.54) is 25.1 Å². The molecule has 0 N–H and O–H groups in total. The normalized spacial score (nSPS) is 10.3. The predicted molar refractivity (Wildman–Crippen MR) is 99.9 cm³/mol. The van der Waals surface area contributed by atoms with Gasteiger partial charge in [-0.2, -0.15) is 0 Å². The lowest BCUT2D eigenvalue weighted by Gasteiger charge is -2.12. The third-order valence-electron chi connectivity index (χ3n) is 4.02. The Labute approximate surface area is 156 Å². The van der Waals surface area contributed by atoms with Gasteiger partial charge in [-0.05, 0) is 31.2 Å². The smallest absolute Gasteiger partial charge is 0.338 e. The lowest BCUT2D eigenvalue weighted by atomic mass is 10.1. The van der Waals surface area contributed by atoms with E-state index in [2.05, 4.69) is 0 Å². The van der Waals surface area contributed by atoms with Gasteiger partial charge in [-0.25, -0.2) is 4.79 Å². The molecule has 0 aromatic heterocycles. The quantitative estimate of drug-likeness (QED) is 0.348. The van der Waals surface area contributed by atoms with Crippen molar-refractivity contribution >= 4 is 11.7 Å². The molecule has 0 atom stereocenters. The van der Waals surface area contributed by atoms with Gasteiger partial charge in [0.05, 0.1) is 10.5 Å². The first-order valence-electron chi connectivity index (χ1n) is 8.28. The SMILES string of the molecule is Cc1c(C(=O)OCc2ccccc2Oc2ccccc2)cccc1[N+](=O)[O-]. The van der Waals surface area contributed by atoms with Gasteiger partial charge in [0.15, 0.2) is 0 Å².